The van der Waals surface area contributed by atoms with E-state index in [4.69, 9.17) is 0 Å². The molecule has 0 radical (unpaired) electrons. The largest absolute Gasteiger partial charge is 0.507 e. The molecule has 7 aromatic rings. The summed E-state index contributed by atoms with van der Waals surface area (Å²) >= 11 is 0. The number of likely N-dealkylation sites (N-methyl/N-ethyl adjacent to an activating group) is 1. The number of amides is 2. The number of hydrogen-bond acceptors (Lipinski definition) is 12. The first-order chi connectivity index (χ1) is 34.3. The number of nitrogens with one attached hydrogen (secondary N) is 2. The number of hydrogen-bond donors (Lipinski definition) is 5. The second kappa shape index (κ2) is 19.0. The van der Waals surface area contributed by atoms with Crippen LogP contribution in [0.25, 0.3) is 32.3 Å². The van der Waals surface area contributed by atoms with Gasteiger partial charge in [0.2, 0.25) is 11.8 Å². The van der Waals surface area contributed by atoms with Crippen LogP contribution >= 0.6 is 0 Å². The molecule has 1 aromatic heterocycles. The molecular formula is C56H56N7O8+. The first-order valence-corrected chi connectivity index (χ1v) is 23.9. The summed E-state index contributed by atoms with van der Waals surface area (Å²) in [5.74, 6) is -0.377. The van der Waals surface area contributed by atoms with Crippen molar-refractivity contribution in [3.05, 3.63) is 138 Å². The zero-order valence-corrected chi connectivity index (χ0v) is 39.7. The van der Waals surface area contributed by atoms with Gasteiger partial charge in [-0.1, -0.05) is 36.4 Å². The maximum Gasteiger partial charge on any atom is 0.217 e. The van der Waals surface area contributed by atoms with Crippen molar-refractivity contribution in [2.75, 3.05) is 61.0 Å². The van der Waals surface area contributed by atoms with E-state index in [1.54, 1.807) is 25.1 Å². The number of benzene rings is 6. The third kappa shape index (κ3) is 8.93. The molecule has 10 rings (SSSR count). The molecule has 6 aromatic carbocycles. The van der Waals surface area contributed by atoms with Crippen LogP contribution in [0.4, 0.5) is 17.1 Å². The Morgan fingerprint density at radius 2 is 1.03 bits per heavy atom. The monoisotopic (exact) mass is 954 g/mol. The number of fused-ring (bicyclic) bond motifs is 3. The van der Waals surface area contributed by atoms with Crippen LogP contribution in [-0.4, -0.2) is 115 Å². The standard InChI is InChI=1S/C56H55N7O8/c1-33(67)57-50-26-61(39-11-12-42-38(20-39)8-15-54(69)47(42)30-64)24-45(50)46-25-62(40-9-4-36-6-13-55(70)48(31-65)43(36)21-40)28-52(46)59(3)23-35-16-18-60(19-17-35)53-29-63(27-51(53)58-34(2)68)41-10-5-37-7-14-56(71)49(32-66)44(37)22-41/h4-22,30-32,45-46,50-53H,23-29H2,1-3H3,(H4-,57,58,64,65,66,67,68,69,70,71)/p+1. The Labute approximate surface area is 410 Å². The van der Waals surface area contributed by atoms with Crippen molar-refractivity contribution >= 4 is 80.1 Å². The highest BCUT2D eigenvalue weighted by molar-refractivity contribution is 6.04. The van der Waals surface area contributed by atoms with Gasteiger partial charge >= 0.3 is 0 Å². The maximum atomic E-state index is 12.9. The Morgan fingerprint density at radius 3 is 1.61 bits per heavy atom. The summed E-state index contributed by atoms with van der Waals surface area (Å²) in [6.07, 6.45) is 6.17. The van der Waals surface area contributed by atoms with E-state index in [2.05, 4.69) is 72.4 Å². The summed E-state index contributed by atoms with van der Waals surface area (Å²) in [6.45, 7) is 7.36. The van der Waals surface area contributed by atoms with Crippen LogP contribution in [-0.2, 0) is 16.1 Å². The van der Waals surface area contributed by atoms with Crippen molar-refractivity contribution in [2.45, 2.75) is 44.6 Å². The van der Waals surface area contributed by atoms with Gasteiger partial charge in [-0.2, -0.15) is 4.57 Å². The van der Waals surface area contributed by atoms with Gasteiger partial charge in [-0.05, 0) is 99.5 Å². The summed E-state index contributed by atoms with van der Waals surface area (Å²) in [5.41, 5.74) is 4.57. The third-order valence-corrected chi connectivity index (χ3v) is 15.1. The Morgan fingerprint density at radius 1 is 0.563 bits per heavy atom. The summed E-state index contributed by atoms with van der Waals surface area (Å²) in [6, 6.07) is 31.5. The molecule has 3 fully saturated rings. The molecule has 3 aliphatic heterocycles. The molecule has 6 unspecified atom stereocenters. The van der Waals surface area contributed by atoms with Crippen LogP contribution in [0.2, 0.25) is 0 Å². The lowest BCUT2D eigenvalue weighted by Gasteiger charge is -2.34. The lowest BCUT2D eigenvalue weighted by Crippen LogP contribution is -2.51. The molecular weight excluding hydrogens is 899 g/mol. The minimum absolute atomic E-state index is 0.0136. The van der Waals surface area contributed by atoms with E-state index in [1.165, 1.54) is 25.1 Å². The SMILES string of the molecule is CC(=O)NC1CN(c2ccc3c(C=O)c(O)ccc3c2)CC1C1CN(c2ccc3ccc(O)c(C=O)c3c2)CC1N(C)Cc1cc[n+](C2CN(c3ccc4ccc(O)c(C=O)c4c3)CC2NC(C)=O)cc1. The molecule has 0 saturated carbocycles. The van der Waals surface area contributed by atoms with Crippen molar-refractivity contribution in [1.29, 1.82) is 0 Å². The minimum atomic E-state index is -0.206. The number of carbonyl (C=O) groups is 5. The number of pyridine rings is 1. The summed E-state index contributed by atoms with van der Waals surface area (Å²) in [5, 5.41) is 42.3. The molecule has 5 N–H and O–H groups in total. The number of aldehydes is 3. The normalized spacial score (nSPS) is 21.1. The van der Waals surface area contributed by atoms with E-state index < -0.39 is 0 Å². The van der Waals surface area contributed by atoms with E-state index in [9.17, 15) is 39.3 Å². The van der Waals surface area contributed by atoms with Crippen molar-refractivity contribution in [3.8, 4) is 17.2 Å². The minimum Gasteiger partial charge on any atom is -0.507 e. The van der Waals surface area contributed by atoms with Gasteiger partial charge in [0.25, 0.3) is 0 Å². The number of phenolic OH excluding ortho intramolecular Hbond substituents is 3. The summed E-state index contributed by atoms with van der Waals surface area (Å²) in [7, 11) is 2.13. The predicted octanol–water partition coefficient (Wildman–Crippen LogP) is 6.13. The number of aromatic hydroxyl groups is 3. The van der Waals surface area contributed by atoms with Crippen LogP contribution in [0, 0.1) is 11.8 Å². The smallest absolute Gasteiger partial charge is 0.217 e. The van der Waals surface area contributed by atoms with E-state index in [0.29, 0.717) is 80.8 Å². The average molecular weight is 955 g/mol. The fourth-order valence-corrected chi connectivity index (χ4v) is 11.6. The van der Waals surface area contributed by atoms with E-state index in [-0.39, 0.29) is 81.8 Å². The highest BCUT2D eigenvalue weighted by atomic mass is 16.3. The van der Waals surface area contributed by atoms with Crippen molar-refractivity contribution in [3.63, 3.8) is 0 Å². The van der Waals surface area contributed by atoms with E-state index in [0.717, 1.165) is 38.8 Å². The van der Waals surface area contributed by atoms with Crippen LogP contribution in [0.1, 0.15) is 56.5 Å². The van der Waals surface area contributed by atoms with Crippen molar-refractivity contribution < 1.29 is 43.9 Å². The molecule has 3 saturated heterocycles. The Kier molecular flexibility index (Phi) is 12.5. The fraction of sp³-hybridized carbons (Fsp3) is 0.286. The van der Waals surface area contributed by atoms with Crippen LogP contribution in [0.15, 0.2) is 116 Å². The molecule has 15 nitrogen and oxygen atoms in total. The van der Waals surface area contributed by atoms with Gasteiger partial charge in [0.15, 0.2) is 37.3 Å². The number of phenols is 3. The van der Waals surface area contributed by atoms with Crippen LogP contribution in [0.3, 0.4) is 0 Å². The third-order valence-electron chi connectivity index (χ3n) is 15.1. The first-order valence-electron chi connectivity index (χ1n) is 23.9. The van der Waals surface area contributed by atoms with Gasteiger partial charge in [-0.15, -0.1) is 0 Å². The Bertz CT molecular complexity index is 3250. The number of nitrogens with zero attached hydrogens (tertiary/aromatic N) is 5. The lowest BCUT2D eigenvalue weighted by molar-refractivity contribution is -0.720. The van der Waals surface area contributed by atoms with Gasteiger partial charge in [0.1, 0.15) is 23.3 Å². The molecule has 0 bridgehead atoms. The molecule has 71 heavy (non-hydrogen) atoms. The van der Waals surface area contributed by atoms with Gasteiger partial charge < -0.3 is 40.7 Å². The Hall–Kier alpha value is -8.04. The number of carbonyl (C=O) groups excluding carboxylic acids is 5. The predicted molar refractivity (Wildman–Crippen MR) is 273 cm³/mol. The van der Waals surface area contributed by atoms with Gasteiger partial charge in [0.05, 0.1) is 29.3 Å². The van der Waals surface area contributed by atoms with E-state index in [1.807, 2.05) is 48.5 Å². The molecule has 2 amide bonds. The van der Waals surface area contributed by atoms with Gasteiger partial charge in [-0.3, -0.25) is 28.9 Å². The number of aromatic nitrogens is 1. The molecule has 362 valence electrons. The first kappa shape index (κ1) is 46.7. The summed E-state index contributed by atoms with van der Waals surface area (Å²) < 4.78 is 2.14. The van der Waals surface area contributed by atoms with Gasteiger partial charge in [-0.25, -0.2) is 0 Å². The molecule has 3 aliphatic rings. The molecule has 4 heterocycles. The maximum absolute atomic E-state index is 12.9. The molecule has 15 heteroatoms. The molecule has 0 spiro atoms. The lowest BCUT2D eigenvalue weighted by atomic mass is 9.84. The molecule has 6 atom stereocenters. The number of anilines is 3. The highest BCUT2D eigenvalue weighted by Gasteiger charge is 2.47. The zero-order chi connectivity index (χ0) is 49.7. The topological polar surface area (TPSA) is 187 Å². The zero-order valence-electron chi connectivity index (χ0n) is 39.7. The molecule has 0 aliphatic carbocycles. The average Bonchev–Trinajstić information content (AvgIpc) is 4.11. The number of rotatable bonds is 13. The van der Waals surface area contributed by atoms with Crippen LogP contribution in [0.5, 0.6) is 17.2 Å². The van der Waals surface area contributed by atoms with Crippen molar-refractivity contribution in [2.24, 2.45) is 11.8 Å². The van der Waals surface area contributed by atoms with Crippen LogP contribution < -0.4 is 29.9 Å². The van der Waals surface area contributed by atoms with Gasteiger partial charge in [0, 0.05) is 100 Å². The Balaban J connectivity index is 0.936. The second-order valence-corrected chi connectivity index (χ2v) is 19.4. The fourth-order valence-electron chi connectivity index (χ4n) is 11.6. The second-order valence-electron chi connectivity index (χ2n) is 19.4. The summed E-state index contributed by atoms with van der Waals surface area (Å²) in [4.78, 5) is 70.7. The van der Waals surface area contributed by atoms with Crippen molar-refractivity contribution in [1.82, 2.24) is 15.5 Å². The highest BCUT2D eigenvalue weighted by Crippen LogP contribution is 2.41. The van der Waals surface area contributed by atoms with E-state index >= 15 is 0 Å². The quantitative estimate of drug-likeness (QED) is 0.0659.